The Kier molecular flexibility index (Phi) is 6.57. The van der Waals surface area contributed by atoms with E-state index in [9.17, 15) is 9.90 Å². The number of likely N-dealkylation sites (tertiary alicyclic amines) is 1. The highest BCUT2D eigenvalue weighted by molar-refractivity contribution is 5.85. The van der Waals surface area contributed by atoms with Crippen molar-refractivity contribution in [2.75, 3.05) is 13.1 Å². The molecule has 4 nitrogen and oxygen atoms in total. The molecule has 1 aliphatic rings. The summed E-state index contributed by atoms with van der Waals surface area (Å²) in [7, 11) is 0. The number of benzene rings is 5. The molecule has 1 aliphatic heterocycles. The lowest BCUT2D eigenvalue weighted by atomic mass is 9.71. The van der Waals surface area contributed by atoms with Gasteiger partial charge in [-0.05, 0) is 69.1 Å². The van der Waals surface area contributed by atoms with Gasteiger partial charge in [-0.25, -0.2) is 4.79 Å². The Bertz CT molecular complexity index is 1490. The number of hydrogen-bond acceptors (Lipinski definition) is 3. The van der Waals surface area contributed by atoms with E-state index in [1.807, 2.05) is 54.6 Å². The quantitative estimate of drug-likeness (QED) is 0.275. The average molecular weight is 502 g/mol. The molecule has 0 spiro atoms. The summed E-state index contributed by atoms with van der Waals surface area (Å²) in [4.78, 5) is 14.6. The van der Waals surface area contributed by atoms with Gasteiger partial charge >= 0.3 is 6.09 Å². The van der Waals surface area contributed by atoms with Gasteiger partial charge in [0, 0.05) is 13.1 Å². The minimum absolute atomic E-state index is 0.0528. The predicted molar refractivity (Wildman–Crippen MR) is 152 cm³/mol. The number of rotatable bonds is 5. The fourth-order valence-corrected chi connectivity index (χ4v) is 5.78. The van der Waals surface area contributed by atoms with Crippen LogP contribution in [0.2, 0.25) is 0 Å². The van der Waals surface area contributed by atoms with Gasteiger partial charge in [0.2, 0.25) is 0 Å². The first-order valence-corrected chi connectivity index (χ1v) is 13.3. The normalized spacial score (nSPS) is 14.6. The molecule has 0 aromatic heterocycles. The summed E-state index contributed by atoms with van der Waals surface area (Å²) in [6.07, 6.45) is 1.06. The number of aliphatic hydroxyl groups is 1. The number of carbonyl (C=O) groups excluding carboxylic acids is 1. The highest BCUT2D eigenvalue weighted by Crippen LogP contribution is 2.43. The fourth-order valence-electron chi connectivity index (χ4n) is 5.78. The van der Waals surface area contributed by atoms with Crippen LogP contribution in [0.1, 0.15) is 29.5 Å². The minimum atomic E-state index is -1.19. The van der Waals surface area contributed by atoms with Crippen LogP contribution >= 0.6 is 0 Å². The van der Waals surface area contributed by atoms with Gasteiger partial charge in [0.25, 0.3) is 0 Å². The Morgan fingerprint density at radius 2 is 1.21 bits per heavy atom. The number of amides is 1. The summed E-state index contributed by atoms with van der Waals surface area (Å²) in [5.41, 5.74) is 1.56. The van der Waals surface area contributed by atoms with E-state index in [1.54, 1.807) is 4.90 Å². The molecule has 190 valence electrons. The first-order valence-electron chi connectivity index (χ1n) is 13.3. The van der Waals surface area contributed by atoms with Crippen LogP contribution in [0.5, 0.6) is 0 Å². The molecule has 4 heteroatoms. The summed E-state index contributed by atoms with van der Waals surface area (Å²) < 4.78 is 5.58. The molecule has 1 amide bonds. The second-order valence-corrected chi connectivity index (χ2v) is 10.2. The summed E-state index contributed by atoms with van der Waals surface area (Å²) in [5, 5.41) is 17.1. The largest absolute Gasteiger partial charge is 0.445 e. The van der Waals surface area contributed by atoms with Crippen LogP contribution < -0.4 is 0 Å². The van der Waals surface area contributed by atoms with Gasteiger partial charge in [0.15, 0.2) is 0 Å². The van der Waals surface area contributed by atoms with Gasteiger partial charge in [-0.3, -0.25) is 0 Å². The smallest absolute Gasteiger partial charge is 0.410 e. The van der Waals surface area contributed by atoms with E-state index < -0.39 is 5.60 Å². The maximum absolute atomic E-state index is 12.8. The van der Waals surface area contributed by atoms with Crippen LogP contribution in [0.25, 0.3) is 21.5 Å². The first kappa shape index (κ1) is 24.2. The summed E-state index contributed by atoms with van der Waals surface area (Å²) in [5.74, 6) is -0.0528. The highest BCUT2D eigenvalue weighted by Gasteiger charge is 2.42. The SMILES string of the molecule is O=C(OCc1ccccc1)N1CCC(C(O)(c2ccc3ccccc3c2)c2ccc3ccccc3c2)CC1. The van der Waals surface area contributed by atoms with E-state index in [-0.39, 0.29) is 18.6 Å². The monoisotopic (exact) mass is 501 g/mol. The second-order valence-electron chi connectivity index (χ2n) is 10.2. The number of piperidine rings is 1. The minimum Gasteiger partial charge on any atom is -0.445 e. The number of fused-ring (bicyclic) bond motifs is 2. The molecular weight excluding hydrogens is 470 g/mol. The molecule has 5 aromatic rings. The molecule has 1 saturated heterocycles. The lowest BCUT2D eigenvalue weighted by molar-refractivity contribution is -0.0147. The third kappa shape index (κ3) is 4.64. The molecule has 1 fully saturated rings. The summed E-state index contributed by atoms with van der Waals surface area (Å²) in [6.45, 7) is 1.35. The van der Waals surface area contributed by atoms with Gasteiger partial charge < -0.3 is 14.7 Å². The van der Waals surface area contributed by atoms with Gasteiger partial charge in [0.05, 0.1) is 0 Å². The molecule has 5 aromatic carbocycles. The molecule has 0 saturated carbocycles. The van der Waals surface area contributed by atoms with Crippen molar-refractivity contribution in [1.82, 2.24) is 4.90 Å². The third-order valence-electron chi connectivity index (χ3n) is 7.93. The van der Waals surface area contributed by atoms with Gasteiger partial charge in [-0.2, -0.15) is 0 Å². The molecule has 1 heterocycles. The summed E-state index contributed by atoms with van der Waals surface area (Å²) in [6, 6.07) is 38.7. The van der Waals surface area contributed by atoms with Gasteiger partial charge in [-0.15, -0.1) is 0 Å². The Morgan fingerprint density at radius 3 is 1.76 bits per heavy atom. The Hall–Kier alpha value is -4.15. The number of nitrogens with zero attached hydrogens (tertiary/aromatic N) is 1. The fraction of sp³-hybridized carbons (Fsp3) is 0.206. The molecule has 38 heavy (non-hydrogen) atoms. The lowest BCUT2D eigenvalue weighted by Gasteiger charge is -2.42. The molecule has 0 radical (unpaired) electrons. The Balaban J connectivity index is 1.29. The zero-order valence-electron chi connectivity index (χ0n) is 21.3. The van der Waals surface area contributed by atoms with Crippen molar-refractivity contribution in [3.05, 3.63) is 132 Å². The van der Waals surface area contributed by atoms with E-state index >= 15 is 0 Å². The lowest BCUT2D eigenvalue weighted by Crippen LogP contribution is -2.46. The van der Waals surface area contributed by atoms with Crippen molar-refractivity contribution >= 4 is 27.6 Å². The maximum Gasteiger partial charge on any atom is 0.410 e. The predicted octanol–water partition coefficient (Wildman–Crippen LogP) is 7.28. The van der Waals surface area contributed by atoms with E-state index in [1.165, 1.54) is 0 Å². The van der Waals surface area contributed by atoms with Crippen molar-refractivity contribution < 1.29 is 14.6 Å². The Morgan fingerprint density at radius 1 is 0.711 bits per heavy atom. The zero-order valence-corrected chi connectivity index (χ0v) is 21.3. The number of hydrogen-bond donors (Lipinski definition) is 1. The summed E-state index contributed by atoms with van der Waals surface area (Å²) >= 11 is 0. The van der Waals surface area contributed by atoms with Crippen LogP contribution in [0.3, 0.4) is 0 Å². The van der Waals surface area contributed by atoms with Crippen molar-refractivity contribution in [3.8, 4) is 0 Å². The van der Waals surface area contributed by atoms with Crippen molar-refractivity contribution in [3.63, 3.8) is 0 Å². The van der Waals surface area contributed by atoms with Crippen LogP contribution in [-0.4, -0.2) is 29.2 Å². The topological polar surface area (TPSA) is 49.8 Å². The molecule has 0 bridgehead atoms. The second kappa shape index (κ2) is 10.3. The van der Waals surface area contributed by atoms with Gasteiger partial charge in [0.1, 0.15) is 12.2 Å². The highest BCUT2D eigenvalue weighted by atomic mass is 16.6. The van der Waals surface area contributed by atoms with E-state index in [0.717, 1.165) is 38.2 Å². The standard InChI is InChI=1S/C34H31NO3/c36-33(38-24-25-8-2-1-3-9-25)35-20-18-30(19-21-35)34(37,31-16-14-26-10-4-6-12-28(26)22-31)32-17-15-27-11-5-7-13-29(27)23-32/h1-17,22-23,30,37H,18-21,24H2. The van der Waals surface area contributed by atoms with Crippen LogP contribution in [0, 0.1) is 5.92 Å². The molecular formula is C34H31NO3. The number of ether oxygens (including phenoxy) is 1. The van der Waals surface area contributed by atoms with Crippen molar-refractivity contribution in [2.45, 2.75) is 25.0 Å². The van der Waals surface area contributed by atoms with Crippen LogP contribution in [-0.2, 0) is 16.9 Å². The van der Waals surface area contributed by atoms with Crippen LogP contribution in [0.15, 0.2) is 115 Å². The van der Waals surface area contributed by atoms with E-state index in [0.29, 0.717) is 25.9 Å². The van der Waals surface area contributed by atoms with E-state index in [4.69, 9.17) is 4.74 Å². The van der Waals surface area contributed by atoms with E-state index in [2.05, 4.69) is 60.7 Å². The average Bonchev–Trinajstić information content (AvgIpc) is 2.99. The van der Waals surface area contributed by atoms with Crippen LogP contribution in [0.4, 0.5) is 4.79 Å². The molecule has 0 atom stereocenters. The molecule has 6 rings (SSSR count). The molecule has 1 N–H and O–H groups in total. The first-order chi connectivity index (χ1) is 18.6. The Labute approximate surface area is 223 Å². The van der Waals surface area contributed by atoms with Gasteiger partial charge in [-0.1, -0.05) is 103 Å². The zero-order chi connectivity index (χ0) is 26.0. The maximum atomic E-state index is 12.8. The van der Waals surface area contributed by atoms with Crippen molar-refractivity contribution in [1.29, 1.82) is 0 Å². The molecule has 0 aliphatic carbocycles. The number of carbonyl (C=O) groups is 1. The third-order valence-corrected chi connectivity index (χ3v) is 7.93. The van der Waals surface area contributed by atoms with Crippen molar-refractivity contribution in [2.24, 2.45) is 5.92 Å². The molecule has 0 unspecified atom stereocenters.